The van der Waals surface area contributed by atoms with Crippen LogP contribution in [0.3, 0.4) is 0 Å². The maximum atomic E-state index is 11.9. The Kier molecular flexibility index (Phi) is 6.42. The number of nitrogens with one attached hydrogen (secondary N) is 1. The Morgan fingerprint density at radius 3 is 2.48 bits per heavy atom. The van der Waals surface area contributed by atoms with Gasteiger partial charge < -0.3 is 11.2 Å². The third-order valence-electron chi connectivity index (χ3n) is 2.82. The number of nitrogens with two attached hydrogens (primary N) is 1. The average molecular weight is 288 g/mol. The van der Waals surface area contributed by atoms with E-state index >= 15 is 0 Å². The van der Waals surface area contributed by atoms with Gasteiger partial charge in [-0.2, -0.15) is 5.10 Å². The molecule has 0 spiro atoms. The van der Waals surface area contributed by atoms with Crippen LogP contribution in [0.15, 0.2) is 46.8 Å². The lowest BCUT2D eigenvalue weighted by atomic mass is 10.0. The molecule has 0 radical (unpaired) electrons. The van der Waals surface area contributed by atoms with Crippen LogP contribution < -0.4 is 11.2 Å². The van der Waals surface area contributed by atoms with Crippen molar-refractivity contribution in [1.29, 1.82) is 0 Å². The minimum Gasteiger partial charge on any atom is -0.322 e. The second-order valence-electron chi connectivity index (χ2n) is 4.91. The quantitative estimate of drug-likeness (QED) is 0.331. The Bertz CT molecular complexity index is 545. The summed E-state index contributed by atoms with van der Waals surface area (Å²) in [6.45, 7) is 7.32. The van der Waals surface area contributed by atoms with E-state index in [-0.39, 0.29) is 18.0 Å². The molecule has 0 heterocycles. The van der Waals surface area contributed by atoms with E-state index in [2.05, 4.69) is 22.3 Å². The molecule has 21 heavy (non-hydrogen) atoms. The number of hydrogen-bond donors (Lipinski definition) is 2. The van der Waals surface area contributed by atoms with Crippen LogP contribution in [0.25, 0.3) is 0 Å². The van der Waals surface area contributed by atoms with Gasteiger partial charge in [0.25, 0.3) is 0 Å². The zero-order valence-electron chi connectivity index (χ0n) is 12.3. The van der Waals surface area contributed by atoms with Gasteiger partial charge in [-0.1, -0.05) is 30.8 Å². The van der Waals surface area contributed by atoms with Gasteiger partial charge in [0.2, 0.25) is 0 Å². The summed E-state index contributed by atoms with van der Waals surface area (Å²) in [6, 6.07) is 6.56. The summed E-state index contributed by atoms with van der Waals surface area (Å²) in [5.74, 6) is -0.0465. The van der Waals surface area contributed by atoms with E-state index in [9.17, 15) is 9.70 Å². The monoisotopic (exact) mass is 288 g/mol. The lowest BCUT2D eigenvalue weighted by Gasteiger charge is -2.09. The SMILES string of the molecule is C=C(N=O)C(N)Cc1ccc(C(=O)CNN=C(C)C)cc1. The van der Waals surface area contributed by atoms with Crippen LogP contribution in [-0.4, -0.2) is 24.1 Å². The first kappa shape index (κ1) is 16.7. The molecule has 3 N–H and O–H groups in total. The van der Waals surface area contributed by atoms with Gasteiger partial charge >= 0.3 is 0 Å². The number of rotatable bonds is 8. The molecule has 1 rings (SSSR count). The van der Waals surface area contributed by atoms with Crippen molar-refractivity contribution in [1.82, 2.24) is 5.43 Å². The van der Waals surface area contributed by atoms with Crippen molar-refractivity contribution in [2.75, 3.05) is 6.54 Å². The second-order valence-corrected chi connectivity index (χ2v) is 4.91. The van der Waals surface area contributed by atoms with Crippen molar-refractivity contribution in [3.8, 4) is 0 Å². The summed E-state index contributed by atoms with van der Waals surface area (Å²) in [5.41, 5.74) is 11.0. The van der Waals surface area contributed by atoms with Crippen molar-refractivity contribution >= 4 is 11.5 Å². The molecule has 1 unspecified atom stereocenters. The molecule has 0 fully saturated rings. The molecular weight excluding hydrogens is 268 g/mol. The molecule has 6 nitrogen and oxygen atoms in total. The fourth-order valence-electron chi connectivity index (χ4n) is 1.64. The first-order chi connectivity index (χ1) is 9.93. The summed E-state index contributed by atoms with van der Waals surface area (Å²) in [5, 5.41) is 6.69. The van der Waals surface area contributed by atoms with E-state index in [1.54, 1.807) is 24.3 Å². The predicted octanol–water partition coefficient (Wildman–Crippen LogP) is 2.00. The fourth-order valence-corrected chi connectivity index (χ4v) is 1.64. The number of Topliss-reactive ketones (excluding diaryl/α,β-unsaturated/α-hetero) is 1. The highest BCUT2D eigenvalue weighted by molar-refractivity contribution is 5.97. The first-order valence-corrected chi connectivity index (χ1v) is 6.57. The topological polar surface area (TPSA) is 96.9 Å². The Hall–Kier alpha value is -2.34. The summed E-state index contributed by atoms with van der Waals surface area (Å²) >= 11 is 0. The van der Waals surface area contributed by atoms with Crippen LogP contribution in [-0.2, 0) is 6.42 Å². The van der Waals surface area contributed by atoms with E-state index in [1.165, 1.54) is 0 Å². The number of benzene rings is 1. The van der Waals surface area contributed by atoms with Gasteiger partial charge in [0, 0.05) is 11.3 Å². The van der Waals surface area contributed by atoms with E-state index < -0.39 is 6.04 Å². The van der Waals surface area contributed by atoms with Gasteiger partial charge in [0.05, 0.1) is 18.3 Å². The van der Waals surface area contributed by atoms with E-state index in [4.69, 9.17) is 5.73 Å². The van der Waals surface area contributed by atoms with Gasteiger partial charge in [-0.3, -0.25) is 4.79 Å². The van der Waals surface area contributed by atoms with Gasteiger partial charge in [0.1, 0.15) is 0 Å². The highest BCUT2D eigenvalue weighted by Crippen LogP contribution is 2.10. The Labute approximate surface area is 124 Å². The molecule has 0 aliphatic rings. The average Bonchev–Trinajstić information content (AvgIpc) is 2.46. The zero-order valence-corrected chi connectivity index (χ0v) is 12.3. The lowest BCUT2D eigenvalue weighted by molar-refractivity contribution is 0.0992. The van der Waals surface area contributed by atoms with E-state index in [0.29, 0.717) is 12.0 Å². The van der Waals surface area contributed by atoms with Gasteiger partial charge in [-0.05, 0) is 31.0 Å². The minimum absolute atomic E-state index is 0.0465. The minimum atomic E-state index is -0.507. The molecular formula is C15H20N4O2. The van der Waals surface area contributed by atoms with Crippen molar-refractivity contribution in [2.45, 2.75) is 26.3 Å². The Morgan fingerprint density at radius 1 is 1.33 bits per heavy atom. The number of nitrogens with zero attached hydrogens (tertiary/aromatic N) is 2. The second kappa shape index (κ2) is 8.06. The van der Waals surface area contributed by atoms with Crippen LogP contribution >= 0.6 is 0 Å². The van der Waals surface area contributed by atoms with E-state index in [1.807, 2.05) is 13.8 Å². The van der Waals surface area contributed by atoms with Gasteiger partial charge in [-0.15, -0.1) is 4.91 Å². The van der Waals surface area contributed by atoms with Crippen LogP contribution in [0, 0.1) is 4.91 Å². The molecule has 0 bridgehead atoms. The number of carbonyl (C=O) groups excluding carboxylic acids is 1. The summed E-state index contributed by atoms with van der Waals surface area (Å²) in [6.07, 6.45) is 0.455. The molecule has 0 amide bonds. The number of ketones is 1. The maximum absolute atomic E-state index is 11.9. The van der Waals surface area contributed by atoms with Crippen molar-refractivity contribution in [3.05, 3.63) is 52.6 Å². The number of nitroso groups, excluding NO2 is 1. The molecule has 0 saturated carbocycles. The standard InChI is InChI=1S/C15H20N4O2/c1-10(2)18-17-9-15(20)13-6-4-12(5-7-13)8-14(16)11(3)19-21/h4-7,14,17H,3,8-9,16H2,1-2H3. The van der Waals surface area contributed by atoms with Crippen LogP contribution in [0.4, 0.5) is 0 Å². The number of carbonyl (C=O) groups is 1. The third-order valence-corrected chi connectivity index (χ3v) is 2.82. The van der Waals surface area contributed by atoms with Gasteiger partial charge in [-0.25, -0.2) is 0 Å². The summed E-state index contributed by atoms with van der Waals surface area (Å²) < 4.78 is 0. The molecule has 0 saturated heterocycles. The largest absolute Gasteiger partial charge is 0.322 e. The highest BCUT2D eigenvalue weighted by atomic mass is 16.3. The molecule has 112 valence electrons. The predicted molar refractivity (Wildman–Crippen MR) is 84.2 cm³/mol. The fraction of sp³-hybridized carbons (Fsp3) is 0.333. The number of hydrogen-bond acceptors (Lipinski definition) is 6. The Morgan fingerprint density at radius 2 is 1.95 bits per heavy atom. The molecule has 0 aromatic heterocycles. The molecule has 1 atom stereocenters. The molecule has 1 aromatic carbocycles. The van der Waals surface area contributed by atoms with E-state index in [0.717, 1.165) is 11.3 Å². The highest BCUT2D eigenvalue weighted by Gasteiger charge is 2.10. The Balaban J connectivity index is 2.61. The first-order valence-electron chi connectivity index (χ1n) is 6.57. The van der Waals surface area contributed by atoms with Crippen molar-refractivity contribution in [3.63, 3.8) is 0 Å². The molecule has 6 heteroatoms. The maximum Gasteiger partial charge on any atom is 0.183 e. The summed E-state index contributed by atoms with van der Waals surface area (Å²) in [4.78, 5) is 22.2. The molecule has 0 aliphatic heterocycles. The van der Waals surface area contributed by atoms with Crippen LogP contribution in [0.1, 0.15) is 29.8 Å². The smallest absolute Gasteiger partial charge is 0.183 e. The van der Waals surface area contributed by atoms with Crippen LogP contribution in [0.2, 0.25) is 0 Å². The molecule has 1 aromatic rings. The summed E-state index contributed by atoms with van der Waals surface area (Å²) in [7, 11) is 0. The zero-order chi connectivity index (χ0) is 15.8. The number of hydrazone groups is 1. The normalized spacial score (nSPS) is 11.4. The third kappa shape index (κ3) is 5.66. The van der Waals surface area contributed by atoms with Crippen LogP contribution in [0.5, 0.6) is 0 Å². The van der Waals surface area contributed by atoms with Gasteiger partial charge in [0.15, 0.2) is 5.78 Å². The van der Waals surface area contributed by atoms with Crippen molar-refractivity contribution in [2.24, 2.45) is 16.0 Å². The molecule has 0 aliphatic carbocycles. The van der Waals surface area contributed by atoms with Crippen molar-refractivity contribution < 1.29 is 4.79 Å². The lowest BCUT2D eigenvalue weighted by Crippen LogP contribution is -2.24.